The van der Waals surface area contributed by atoms with Crippen molar-refractivity contribution >= 4 is 52.9 Å². The third kappa shape index (κ3) is 4.49. The lowest BCUT2D eigenvalue weighted by Gasteiger charge is -2.33. The van der Waals surface area contributed by atoms with Gasteiger partial charge in [0.25, 0.3) is 11.8 Å². The van der Waals surface area contributed by atoms with E-state index in [1.165, 1.54) is 24.3 Å². The Kier molecular flexibility index (Phi) is 6.40. The Morgan fingerprint density at radius 3 is 2.11 bits per heavy atom. The maximum absolute atomic E-state index is 13.5. The minimum atomic E-state index is -1.19. The number of benzene rings is 3. The molecule has 0 radical (unpaired) electrons. The standard InChI is InChI=1S/C29H19ClN2O6/c1-17-7-10-20(11-8-17)32-27(34)23(26(33)31(29(32)37)19-5-3-2-4-6-19)16-21-12-14-25(38-21)18-9-13-24(30)22(15-18)28(35)36/h2-16H,1H3,(H,35,36)/b23-16-. The molecule has 3 aromatic carbocycles. The molecule has 1 N–H and O–H groups in total. The molecule has 1 aliphatic heterocycles. The highest BCUT2D eigenvalue weighted by atomic mass is 35.5. The maximum atomic E-state index is 13.5. The molecule has 0 unspecified atom stereocenters. The second-order valence-corrected chi connectivity index (χ2v) is 8.90. The van der Waals surface area contributed by atoms with E-state index < -0.39 is 23.8 Å². The van der Waals surface area contributed by atoms with Gasteiger partial charge in [-0.3, -0.25) is 9.59 Å². The van der Waals surface area contributed by atoms with E-state index in [9.17, 15) is 24.3 Å². The Morgan fingerprint density at radius 1 is 0.842 bits per heavy atom. The van der Waals surface area contributed by atoms with Crippen molar-refractivity contribution < 1.29 is 28.7 Å². The van der Waals surface area contributed by atoms with Gasteiger partial charge in [0.1, 0.15) is 17.1 Å². The third-order valence-electron chi connectivity index (χ3n) is 5.95. The van der Waals surface area contributed by atoms with Crippen molar-refractivity contribution in [3.8, 4) is 11.3 Å². The van der Waals surface area contributed by atoms with Gasteiger partial charge in [-0.1, -0.05) is 47.5 Å². The van der Waals surface area contributed by atoms with Crippen molar-refractivity contribution in [3.05, 3.63) is 112 Å². The van der Waals surface area contributed by atoms with Crippen LogP contribution in [0, 0.1) is 6.92 Å². The Morgan fingerprint density at radius 2 is 1.47 bits per heavy atom. The fraction of sp³-hybridized carbons (Fsp3) is 0.0345. The minimum absolute atomic E-state index is 0.0791. The van der Waals surface area contributed by atoms with Crippen LogP contribution < -0.4 is 9.80 Å². The van der Waals surface area contributed by atoms with Crippen LogP contribution in [0.25, 0.3) is 17.4 Å². The average Bonchev–Trinajstić information content (AvgIpc) is 3.37. The second kappa shape index (κ2) is 9.84. The van der Waals surface area contributed by atoms with Crippen LogP contribution in [0.5, 0.6) is 0 Å². The number of carboxylic acids is 1. The zero-order chi connectivity index (χ0) is 27.0. The predicted octanol–water partition coefficient (Wildman–Crippen LogP) is 6.19. The van der Waals surface area contributed by atoms with E-state index in [1.54, 1.807) is 66.7 Å². The van der Waals surface area contributed by atoms with Crippen molar-refractivity contribution in [2.24, 2.45) is 0 Å². The largest absolute Gasteiger partial charge is 0.478 e. The maximum Gasteiger partial charge on any atom is 0.343 e. The van der Waals surface area contributed by atoms with Crippen molar-refractivity contribution in [2.75, 3.05) is 9.80 Å². The van der Waals surface area contributed by atoms with Crippen LogP contribution in [-0.4, -0.2) is 28.9 Å². The highest BCUT2D eigenvalue weighted by Gasteiger charge is 2.43. The number of amides is 4. The van der Waals surface area contributed by atoms with Gasteiger partial charge >= 0.3 is 12.0 Å². The van der Waals surface area contributed by atoms with E-state index in [2.05, 4.69) is 0 Å². The summed E-state index contributed by atoms with van der Waals surface area (Å²) in [6.45, 7) is 1.88. The van der Waals surface area contributed by atoms with Crippen molar-refractivity contribution in [2.45, 2.75) is 6.92 Å². The number of aryl methyl sites for hydroxylation is 1. The summed E-state index contributed by atoms with van der Waals surface area (Å²) >= 11 is 5.96. The predicted molar refractivity (Wildman–Crippen MR) is 142 cm³/mol. The Hall–Kier alpha value is -4.95. The van der Waals surface area contributed by atoms with Gasteiger partial charge in [0, 0.05) is 5.56 Å². The first-order valence-electron chi connectivity index (χ1n) is 11.4. The second-order valence-electron chi connectivity index (χ2n) is 8.49. The molecule has 0 atom stereocenters. The number of carbonyl (C=O) groups excluding carboxylic acids is 3. The molecule has 0 saturated carbocycles. The minimum Gasteiger partial charge on any atom is -0.478 e. The molecule has 188 valence electrons. The van der Waals surface area contributed by atoms with Crippen LogP contribution in [0.15, 0.2) is 94.9 Å². The molecular weight excluding hydrogens is 508 g/mol. The number of hydrogen-bond acceptors (Lipinski definition) is 5. The van der Waals surface area contributed by atoms with Gasteiger partial charge in [0.05, 0.1) is 22.0 Å². The summed E-state index contributed by atoms with van der Waals surface area (Å²) in [5.74, 6) is -2.32. The normalized spacial score (nSPS) is 14.9. The van der Waals surface area contributed by atoms with Crippen LogP contribution in [0.2, 0.25) is 5.02 Å². The summed E-state index contributed by atoms with van der Waals surface area (Å²) in [6.07, 6.45) is 1.27. The fourth-order valence-electron chi connectivity index (χ4n) is 4.03. The molecule has 4 aromatic rings. The van der Waals surface area contributed by atoms with Crippen molar-refractivity contribution in [3.63, 3.8) is 0 Å². The summed E-state index contributed by atoms with van der Waals surface area (Å²) in [4.78, 5) is 53.8. The van der Waals surface area contributed by atoms with Gasteiger partial charge in [0.15, 0.2) is 0 Å². The summed E-state index contributed by atoms with van der Waals surface area (Å²) in [5, 5.41) is 9.43. The molecule has 1 aromatic heterocycles. The van der Waals surface area contributed by atoms with Crippen molar-refractivity contribution in [1.29, 1.82) is 0 Å². The smallest absolute Gasteiger partial charge is 0.343 e. The molecule has 0 aliphatic carbocycles. The number of imide groups is 2. The highest BCUT2D eigenvalue weighted by Crippen LogP contribution is 2.32. The van der Waals surface area contributed by atoms with E-state index in [0.29, 0.717) is 22.7 Å². The van der Waals surface area contributed by atoms with Gasteiger partial charge in [-0.25, -0.2) is 19.4 Å². The molecule has 1 fully saturated rings. The number of rotatable bonds is 5. The quantitative estimate of drug-likeness (QED) is 0.245. The number of hydrogen-bond donors (Lipinski definition) is 1. The molecule has 9 heteroatoms. The first-order chi connectivity index (χ1) is 18.2. The van der Waals surface area contributed by atoms with Crippen LogP contribution in [0.4, 0.5) is 16.2 Å². The summed E-state index contributed by atoms with van der Waals surface area (Å²) in [5.41, 5.74) is 1.63. The van der Waals surface area contributed by atoms with Gasteiger partial charge in [-0.05, 0) is 67.6 Å². The van der Waals surface area contributed by atoms with Gasteiger partial charge in [-0.2, -0.15) is 0 Å². The molecule has 4 amide bonds. The molecule has 1 aliphatic rings. The number of furan rings is 1. The van der Waals surface area contributed by atoms with Gasteiger partial charge < -0.3 is 9.52 Å². The molecule has 5 rings (SSSR count). The summed E-state index contributed by atoms with van der Waals surface area (Å²) in [7, 11) is 0. The Labute approximate surface area is 222 Å². The highest BCUT2D eigenvalue weighted by molar-refractivity contribution is 6.46. The van der Waals surface area contributed by atoms with Gasteiger partial charge in [0.2, 0.25) is 0 Å². The number of carboxylic acid groups (broad SMARTS) is 1. The number of halogens is 1. The third-order valence-corrected chi connectivity index (χ3v) is 6.28. The first kappa shape index (κ1) is 24.7. The molecule has 0 bridgehead atoms. The Balaban J connectivity index is 1.58. The van der Waals surface area contributed by atoms with E-state index in [1.807, 2.05) is 6.92 Å². The van der Waals surface area contributed by atoms with Crippen LogP contribution in [0.1, 0.15) is 21.7 Å². The number of barbiturate groups is 1. The number of anilines is 2. The Bertz CT molecular complexity index is 1620. The zero-order valence-electron chi connectivity index (χ0n) is 19.9. The molecule has 38 heavy (non-hydrogen) atoms. The van der Waals surface area contributed by atoms with Crippen molar-refractivity contribution in [1.82, 2.24) is 0 Å². The van der Waals surface area contributed by atoms with E-state index >= 15 is 0 Å². The fourth-order valence-corrected chi connectivity index (χ4v) is 4.22. The van der Waals surface area contributed by atoms with Gasteiger partial charge in [-0.15, -0.1) is 0 Å². The number of urea groups is 1. The van der Waals surface area contributed by atoms with Crippen LogP contribution in [0.3, 0.4) is 0 Å². The zero-order valence-corrected chi connectivity index (χ0v) is 20.7. The summed E-state index contributed by atoms with van der Waals surface area (Å²) in [6, 6.07) is 21.8. The number of aromatic carboxylic acids is 1. The molecule has 8 nitrogen and oxygen atoms in total. The molecule has 2 heterocycles. The van der Waals surface area contributed by atoms with E-state index in [0.717, 1.165) is 15.4 Å². The molecular formula is C29H19ClN2O6. The van der Waals surface area contributed by atoms with E-state index in [4.69, 9.17) is 16.0 Å². The van der Waals surface area contributed by atoms with Crippen LogP contribution >= 0.6 is 11.6 Å². The molecule has 0 spiro atoms. The lowest BCUT2D eigenvalue weighted by Crippen LogP contribution is -2.57. The number of carbonyl (C=O) groups is 4. The van der Waals surface area contributed by atoms with Crippen LogP contribution in [-0.2, 0) is 9.59 Å². The lowest BCUT2D eigenvalue weighted by molar-refractivity contribution is -0.121. The number of nitrogens with zero attached hydrogens (tertiary/aromatic N) is 2. The number of para-hydroxylation sites is 1. The van der Waals surface area contributed by atoms with E-state index in [-0.39, 0.29) is 21.9 Å². The lowest BCUT2D eigenvalue weighted by atomic mass is 10.1. The first-order valence-corrected chi connectivity index (χ1v) is 11.8. The topological polar surface area (TPSA) is 108 Å². The monoisotopic (exact) mass is 526 g/mol. The molecule has 1 saturated heterocycles. The average molecular weight is 527 g/mol. The SMILES string of the molecule is Cc1ccc(N2C(=O)/C(=C\c3ccc(-c4ccc(Cl)c(C(=O)O)c4)o3)C(=O)N(c3ccccc3)C2=O)cc1. The summed E-state index contributed by atoms with van der Waals surface area (Å²) < 4.78 is 5.83.